The molecule has 9 nitrogen and oxygen atoms in total. The average Bonchev–Trinajstić information content (AvgIpc) is 3.37. The van der Waals surface area contributed by atoms with Crippen molar-refractivity contribution in [2.45, 2.75) is 32.7 Å². The first kappa shape index (κ1) is 22.6. The van der Waals surface area contributed by atoms with Crippen LogP contribution in [0.1, 0.15) is 36.8 Å². The first-order valence-corrected chi connectivity index (χ1v) is 11.3. The van der Waals surface area contributed by atoms with Gasteiger partial charge < -0.3 is 4.98 Å². The van der Waals surface area contributed by atoms with E-state index in [1.165, 1.54) is 4.80 Å². The SMILES string of the molecule is C=C1c2[nH]c(Cl)nc2N(CCC)C(=O)N1CCCn1nnc(Cc2c(Cl)cccc2Cl)n1. The molecule has 0 saturated heterocycles. The maximum absolute atomic E-state index is 13.0. The third kappa shape index (κ3) is 4.46. The van der Waals surface area contributed by atoms with Gasteiger partial charge in [-0.3, -0.25) is 9.80 Å². The minimum Gasteiger partial charge on any atom is -0.326 e. The zero-order valence-electron chi connectivity index (χ0n) is 17.4. The Bertz CT molecular complexity index is 1140. The maximum atomic E-state index is 13.0. The molecule has 2 amide bonds. The minimum atomic E-state index is -0.173. The molecule has 0 spiro atoms. The number of carbonyl (C=O) groups excluding carboxylic acids is 1. The highest BCUT2D eigenvalue weighted by molar-refractivity contribution is 6.36. The van der Waals surface area contributed by atoms with E-state index in [0.29, 0.717) is 65.6 Å². The van der Waals surface area contributed by atoms with Crippen LogP contribution >= 0.6 is 34.8 Å². The summed E-state index contributed by atoms with van der Waals surface area (Å²) in [6.45, 7) is 7.51. The second-order valence-electron chi connectivity index (χ2n) is 7.29. The number of nitrogens with zero attached hydrogens (tertiary/aromatic N) is 7. The quantitative estimate of drug-likeness (QED) is 0.490. The van der Waals surface area contributed by atoms with Crippen LogP contribution in [0.2, 0.25) is 15.3 Å². The number of aromatic amines is 1. The van der Waals surface area contributed by atoms with Crippen molar-refractivity contribution >= 4 is 52.3 Å². The molecule has 1 aliphatic rings. The molecule has 3 heterocycles. The summed E-state index contributed by atoms with van der Waals surface area (Å²) in [5.74, 6) is 1.04. The highest BCUT2D eigenvalue weighted by Gasteiger charge is 2.35. The Hall–Kier alpha value is -2.62. The number of amides is 2. The molecule has 1 N–H and O–H groups in total. The number of tetrazole rings is 1. The zero-order chi connectivity index (χ0) is 22.8. The molecule has 12 heteroatoms. The first-order chi connectivity index (χ1) is 15.4. The highest BCUT2D eigenvalue weighted by Crippen LogP contribution is 2.34. The van der Waals surface area contributed by atoms with E-state index < -0.39 is 0 Å². The van der Waals surface area contributed by atoms with Crippen molar-refractivity contribution in [3.63, 3.8) is 0 Å². The number of imidazole rings is 1. The fraction of sp³-hybridized carbons (Fsp3) is 0.350. The van der Waals surface area contributed by atoms with Crippen LogP contribution in [-0.2, 0) is 13.0 Å². The number of rotatable bonds is 8. The number of carbonyl (C=O) groups is 1. The smallest absolute Gasteiger partial charge is 0.326 e. The molecule has 0 aliphatic carbocycles. The van der Waals surface area contributed by atoms with Crippen LogP contribution < -0.4 is 4.90 Å². The topological polar surface area (TPSA) is 95.8 Å². The highest BCUT2D eigenvalue weighted by atomic mass is 35.5. The lowest BCUT2D eigenvalue weighted by Crippen LogP contribution is -2.47. The van der Waals surface area contributed by atoms with E-state index in [2.05, 4.69) is 32.0 Å². The molecule has 4 rings (SSSR count). The largest absolute Gasteiger partial charge is 0.330 e. The van der Waals surface area contributed by atoms with E-state index in [-0.39, 0.29) is 11.3 Å². The molecule has 2 aromatic heterocycles. The summed E-state index contributed by atoms with van der Waals surface area (Å²) < 4.78 is 0. The van der Waals surface area contributed by atoms with Gasteiger partial charge in [0.1, 0.15) is 5.69 Å². The van der Waals surface area contributed by atoms with E-state index >= 15 is 0 Å². The predicted octanol–water partition coefficient (Wildman–Crippen LogP) is 4.66. The number of hydrogen-bond donors (Lipinski definition) is 1. The van der Waals surface area contributed by atoms with Crippen LogP contribution in [0.5, 0.6) is 0 Å². The molecule has 1 aromatic carbocycles. The summed E-state index contributed by atoms with van der Waals surface area (Å²) in [5, 5.41) is 13.9. The number of nitrogens with one attached hydrogen (secondary N) is 1. The standard InChI is InChI=1S/C20H21Cl3N8O/c1-3-8-30-18-17(24-19(23)25-18)12(2)29(20(30)32)9-5-10-31-27-16(26-28-31)11-13-14(21)6-4-7-15(13)22/h4,6-7H,2-3,5,8-11H2,1H3,(H,24,25). The molecule has 32 heavy (non-hydrogen) atoms. The van der Waals surface area contributed by atoms with Gasteiger partial charge in [0.15, 0.2) is 11.6 Å². The lowest BCUT2D eigenvalue weighted by molar-refractivity contribution is 0.221. The average molecular weight is 496 g/mol. The van der Waals surface area contributed by atoms with Crippen LogP contribution in [0.15, 0.2) is 24.8 Å². The molecule has 0 bridgehead atoms. The van der Waals surface area contributed by atoms with Crippen molar-refractivity contribution < 1.29 is 4.79 Å². The monoisotopic (exact) mass is 494 g/mol. The Morgan fingerprint density at radius 3 is 2.56 bits per heavy atom. The summed E-state index contributed by atoms with van der Waals surface area (Å²) in [6, 6.07) is 5.16. The number of H-pyrrole nitrogens is 1. The summed E-state index contributed by atoms with van der Waals surface area (Å²) >= 11 is 18.5. The minimum absolute atomic E-state index is 0.173. The van der Waals surface area contributed by atoms with Gasteiger partial charge in [0.05, 0.1) is 12.2 Å². The van der Waals surface area contributed by atoms with Gasteiger partial charge in [0.2, 0.25) is 5.28 Å². The summed E-state index contributed by atoms with van der Waals surface area (Å²) in [5.41, 5.74) is 1.95. The van der Waals surface area contributed by atoms with Gasteiger partial charge in [-0.25, -0.2) is 4.79 Å². The van der Waals surface area contributed by atoms with Gasteiger partial charge in [-0.2, -0.15) is 9.78 Å². The van der Waals surface area contributed by atoms with Gasteiger partial charge in [0, 0.05) is 29.6 Å². The molecular weight excluding hydrogens is 475 g/mol. The van der Waals surface area contributed by atoms with Crippen molar-refractivity contribution in [1.29, 1.82) is 0 Å². The van der Waals surface area contributed by atoms with Crippen molar-refractivity contribution in [2.75, 3.05) is 18.0 Å². The van der Waals surface area contributed by atoms with Crippen molar-refractivity contribution in [3.8, 4) is 0 Å². The molecule has 3 aromatic rings. The zero-order valence-corrected chi connectivity index (χ0v) is 19.6. The number of fused-ring (bicyclic) bond motifs is 1. The van der Waals surface area contributed by atoms with Gasteiger partial charge in [-0.15, -0.1) is 10.2 Å². The number of urea groups is 1. The van der Waals surface area contributed by atoms with Gasteiger partial charge >= 0.3 is 6.03 Å². The molecule has 0 saturated carbocycles. The maximum Gasteiger partial charge on any atom is 0.330 e. The Balaban J connectivity index is 1.40. The molecule has 0 fully saturated rings. The molecule has 0 atom stereocenters. The number of hydrogen-bond acceptors (Lipinski definition) is 5. The van der Waals surface area contributed by atoms with Crippen LogP contribution in [0.4, 0.5) is 10.6 Å². The predicted molar refractivity (Wildman–Crippen MR) is 124 cm³/mol. The molecule has 168 valence electrons. The number of halogens is 3. The van der Waals surface area contributed by atoms with Gasteiger partial charge in [-0.1, -0.05) is 42.8 Å². The number of aryl methyl sites for hydroxylation is 1. The van der Waals surface area contributed by atoms with Crippen LogP contribution in [0.3, 0.4) is 0 Å². The molecule has 0 radical (unpaired) electrons. The number of benzene rings is 1. The van der Waals surface area contributed by atoms with Gasteiger partial charge in [0.25, 0.3) is 0 Å². The fourth-order valence-corrected chi connectivity index (χ4v) is 4.25. The molecular formula is C20H21Cl3N8O. The van der Waals surface area contributed by atoms with E-state index in [4.69, 9.17) is 34.8 Å². The fourth-order valence-electron chi connectivity index (χ4n) is 3.55. The Kier molecular flexibility index (Phi) is 6.68. The van der Waals surface area contributed by atoms with Crippen molar-refractivity contribution in [1.82, 2.24) is 35.1 Å². The first-order valence-electron chi connectivity index (χ1n) is 10.1. The Labute approximate surface area is 200 Å². The lowest BCUT2D eigenvalue weighted by atomic mass is 10.1. The summed E-state index contributed by atoms with van der Waals surface area (Å²) in [4.78, 5) is 25.0. The van der Waals surface area contributed by atoms with E-state index in [0.717, 1.165) is 12.0 Å². The molecule has 1 aliphatic heterocycles. The Morgan fingerprint density at radius 2 is 1.84 bits per heavy atom. The third-order valence-electron chi connectivity index (χ3n) is 5.07. The van der Waals surface area contributed by atoms with Gasteiger partial charge in [-0.05, 0) is 47.4 Å². The Morgan fingerprint density at radius 1 is 1.09 bits per heavy atom. The second kappa shape index (κ2) is 9.48. The van der Waals surface area contributed by atoms with E-state index in [1.54, 1.807) is 28.0 Å². The van der Waals surface area contributed by atoms with Crippen LogP contribution in [0, 0.1) is 0 Å². The van der Waals surface area contributed by atoms with Crippen molar-refractivity contribution in [2.24, 2.45) is 0 Å². The number of aromatic nitrogens is 6. The van der Waals surface area contributed by atoms with Crippen LogP contribution in [0.25, 0.3) is 5.70 Å². The van der Waals surface area contributed by atoms with E-state index in [9.17, 15) is 4.79 Å². The second-order valence-corrected chi connectivity index (χ2v) is 8.46. The van der Waals surface area contributed by atoms with Crippen molar-refractivity contribution in [3.05, 3.63) is 57.2 Å². The normalized spacial score (nSPS) is 13.8. The molecule has 0 unspecified atom stereocenters. The summed E-state index contributed by atoms with van der Waals surface area (Å²) in [7, 11) is 0. The lowest BCUT2D eigenvalue weighted by Gasteiger charge is -2.35. The third-order valence-corrected chi connectivity index (χ3v) is 5.95. The summed E-state index contributed by atoms with van der Waals surface area (Å²) in [6.07, 6.45) is 1.77. The van der Waals surface area contributed by atoms with Crippen LogP contribution in [-0.4, -0.2) is 54.2 Å². The number of anilines is 1. The van der Waals surface area contributed by atoms with E-state index in [1.807, 2.05) is 6.92 Å².